The molecule has 0 heterocycles. The molecule has 2 aromatic carbocycles. The number of ether oxygens (including phenoxy) is 1. The van der Waals surface area contributed by atoms with Crippen LogP contribution in [0.5, 0.6) is 5.75 Å². The van der Waals surface area contributed by atoms with Crippen molar-refractivity contribution in [1.82, 2.24) is 0 Å². The van der Waals surface area contributed by atoms with Crippen LogP contribution in [0.4, 0.5) is 0 Å². The Hall–Kier alpha value is -0.840. The predicted molar refractivity (Wildman–Crippen MR) is 90.2 cm³/mol. The van der Waals surface area contributed by atoms with Gasteiger partial charge in [0.15, 0.2) is 0 Å². The minimum Gasteiger partial charge on any atom is -0.494 e. The molecule has 2 nitrogen and oxygen atoms in total. The van der Waals surface area contributed by atoms with Crippen molar-refractivity contribution in [3.8, 4) is 5.75 Å². The number of aryl methyl sites for hydroxylation is 1. The molecule has 0 aromatic heterocycles. The van der Waals surface area contributed by atoms with Crippen molar-refractivity contribution < 1.29 is 4.74 Å². The maximum atomic E-state index is 6.41. The number of halogens is 2. The zero-order valence-electron chi connectivity index (χ0n) is 11.5. The fourth-order valence-corrected chi connectivity index (χ4v) is 3.18. The predicted octanol–water partition coefficient (Wildman–Crippen LogP) is 4.97. The van der Waals surface area contributed by atoms with Gasteiger partial charge in [-0.1, -0.05) is 55.6 Å². The molecule has 2 rings (SSSR count). The van der Waals surface area contributed by atoms with Crippen molar-refractivity contribution in [3.05, 3.63) is 62.0 Å². The van der Waals surface area contributed by atoms with Crippen LogP contribution in [0, 0.1) is 6.92 Å². The Morgan fingerprint density at radius 1 is 1.05 bits per heavy atom. The molecule has 2 aromatic rings. The molecular weight excluding hydrogens is 382 g/mol. The van der Waals surface area contributed by atoms with Gasteiger partial charge < -0.3 is 10.5 Å². The Labute approximate surface area is 136 Å². The highest BCUT2D eigenvalue weighted by atomic mass is 79.9. The van der Waals surface area contributed by atoms with Crippen molar-refractivity contribution in [3.63, 3.8) is 0 Å². The molecule has 0 spiro atoms. The maximum Gasteiger partial charge on any atom is 0.120 e. The van der Waals surface area contributed by atoms with E-state index in [4.69, 9.17) is 10.5 Å². The fourth-order valence-electron chi connectivity index (χ4n) is 2.09. The van der Waals surface area contributed by atoms with Gasteiger partial charge in [0.1, 0.15) is 5.75 Å². The van der Waals surface area contributed by atoms with E-state index in [-0.39, 0.29) is 6.04 Å². The zero-order valence-corrected chi connectivity index (χ0v) is 14.7. The summed E-state index contributed by atoms with van der Waals surface area (Å²) in [4.78, 5) is 0. The van der Waals surface area contributed by atoms with Gasteiger partial charge in [0.05, 0.1) is 12.6 Å². The average Bonchev–Trinajstić information content (AvgIpc) is 2.41. The summed E-state index contributed by atoms with van der Waals surface area (Å²) in [5, 5.41) is 0. The van der Waals surface area contributed by atoms with Gasteiger partial charge in [-0.2, -0.15) is 0 Å². The first-order valence-electron chi connectivity index (χ1n) is 6.46. The van der Waals surface area contributed by atoms with E-state index in [2.05, 4.69) is 50.9 Å². The molecule has 0 fully saturated rings. The van der Waals surface area contributed by atoms with Gasteiger partial charge in [-0.15, -0.1) is 0 Å². The number of benzene rings is 2. The molecule has 0 saturated heterocycles. The van der Waals surface area contributed by atoms with Gasteiger partial charge in [-0.3, -0.25) is 0 Å². The minimum atomic E-state index is -0.186. The molecule has 2 N–H and O–H groups in total. The van der Waals surface area contributed by atoms with Gasteiger partial charge in [-0.05, 0) is 43.2 Å². The molecule has 0 bridgehead atoms. The Morgan fingerprint density at radius 2 is 1.80 bits per heavy atom. The number of hydrogen-bond acceptors (Lipinski definition) is 2. The molecule has 1 atom stereocenters. The largest absolute Gasteiger partial charge is 0.494 e. The summed E-state index contributed by atoms with van der Waals surface area (Å²) < 4.78 is 7.48. The molecule has 0 amide bonds. The first-order valence-corrected chi connectivity index (χ1v) is 8.05. The Kier molecular flexibility index (Phi) is 5.24. The van der Waals surface area contributed by atoms with Crippen molar-refractivity contribution in [1.29, 1.82) is 0 Å². The van der Waals surface area contributed by atoms with E-state index in [9.17, 15) is 0 Å². The highest BCUT2D eigenvalue weighted by Gasteiger charge is 2.15. The molecule has 106 valence electrons. The zero-order chi connectivity index (χ0) is 14.7. The lowest BCUT2D eigenvalue weighted by Gasteiger charge is -2.17. The first kappa shape index (κ1) is 15.5. The van der Waals surface area contributed by atoms with Crippen LogP contribution in [0.15, 0.2) is 45.3 Å². The monoisotopic (exact) mass is 397 g/mol. The van der Waals surface area contributed by atoms with Crippen LogP contribution in [0.25, 0.3) is 0 Å². The van der Waals surface area contributed by atoms with Crippen LogP contribution in [-0.2, 0) is 0 Å². The van der Waals surface area contributed by atoms with Crippen LogP contribution in [0.2, 0.25) is 0 Å². The summed E-state index contributed by atoms with van der Waals surface area (Å²) in [7, 11) is 0. The second-order valence-corrected chi connectivity index (χ2v) is 6.33. The maximum absolute atomic E-state index is 6.41. The summed E-state index contributed by atoms with van der Waals surface area (Å²) >= 11 is 7.16. The molecule has 0 aliphatic carbocycles. The lowest BCUT2D eigenvalue weighted by molar-refractivity contribution is 0.340. The van der Waals surface area contributed by atoms with E-state index < -0.39 is 0 Å². The molecule has 4 heteroatoms. The van der Waals surface area contributed by atoms with E-state index in [1.807, 2.05) is 31.2 Å². The summed E-state index contributed by atoms with van der Waals surface area (Å²) in [5.74, 6) is 0.846. The van der Waals surface area contributed by atoms with E-state index in [0.29, 0.717) is 6.61 Å². The van der Waals surface area contributed by atoms with Crippen LogP contribution in [0.3, 0.4) is 0 Å². The lowest BCUT2D eigenvalue weighted by atomic mass is 9.98. The summed E-state index contributed by atoms with van der Waals surface area (Å²) in [6.45, 7) is 4.69. The Morgan fingerprint density at radius 3 is 2.45 bits per heavy atom. The van der Waals surface area contributed by atoms with Crippen molar-refractivity contribution >= 4 is 31.9 Å². The van der Waals surface area contributed by atoms with E-state index in [0.717, 1.165) is 25.8 Å². The minimum absolute atomic E-state index is 0.186. The lowest BCUT2D eigenvalue weighted by Crippen LogP contribution is -2.13. The van der Waals surface area contributed by atoms with E-state index in [1.54, 1.807) is 0 Å². The smallest absolute Gasteiger partial charge is 0.120 e. The molecule has 0 aliphatic heterocycles. The average molecular weight is 399 g/mol. The normalized spacial score (nSPS) is 12.2. The molecule has 20 heavy (non-hydrogen) atoms. The summed E-state index contributed by atoms with van der Waals surface area (Å²) in [6.07, 6.45) is 0. The van der Waals surface area contributed by atoms with Crippen LogP contribution < -0.4 is 10.5 Å². The summed E-state index contributed by atoms with van der Waals surface area (Å²) in [6, 6.07) is 11.9. The van der Waals surface area contributed by atoms with E-state index in [1.165, 1.54) is 5.56 Å². The van der Waals surface area contributed by atoms with Gasteiger partial charge in [0, 0.05) is 8.95 Å². The van der Waals surface area contributed by atoms with Gasteiger partial charge in [-0.25, -0.2) is 0 Å². The molecule has 0 aliphatic rings. The standard InChI is InChI=1S/C16H17Br2NO/c1-3-20-11-5-6-12(15(18)9-11)16(19)13-8-10(2)4-7-14(13)17/h4-9,16H,3,19H2,1-2H3. The molecule has 0 radical (unpaired) electrons. The van der Waals surface area contributed by atoms with Crippen molar-refractivity contribution in [2.24, 2.45) is 5.73 Å². The van der Waals surface area contributed by atoms with Gasteiger partial charge in [0.25, 0.3) is 0 Å². The Bertz CT molecular complexity index is 613. The van der Waals surface area contributed by atoms with Crippen LogP contribution in [-0.4, -0.2) is 6.61 Å². The highest BCUT2D eigenvalue weighted by molar-refractivity contribution is 9.10. The van der Waals surface area contributed by atoms with Crippen molar-refractivity contribution in [2.45, 2.75) is 19.9 Å². The van der Waals surface area contributed by atoms with Crippen LogP contribution in [0.1, 0.15) is 29.7 Å². The van der Waals surface area contributed by atoms with Crippen LogP contribution >= 0.6 is 31.9 Å². The molecule has 1 unspecified atom stereocenters. The Balaban J connectivity index is 2.38. The van der Waals surface area contributed by atoms with Crippen molar-refractivity contribution in [2.75, 3.05) is 6.61 Å². The third kappa shape index (κ3) is 3.43. The number of rotatable bonds is 4. The number of hydrogen-bond donors (Lipinski definition) is 1. The molecule has 0 saturated carbocycles. The van der Waals surface area contributed by atoms with Gasteiger partial charge >= 0.3 is 0 Å². The third-order valence-corrected chi connectivity index (χ3v) is 4.51. The van der Waals surface area contributed by atoms with Gasteiger partial charge in [0.2, 0.25) is 0 Å². The summed E-state index contributed by atoms with van der Waals surface area (Å²) in [5.41, 5.74) is 9.73. The first-order chi connectivity index (χ1) is 9.52. The second kappa shape index (κ2) is 6.74. The topological polar surface area (TPSA) is 35.2 Å². The quantitative estimate of drug-likeness (QED) is 0.789. The van der Waals surface area contributed by atoms with E-state index >= 15 is 0 Å². The fraction of sp³-hybridized carbons (Fsp3) is 0.250. The molecular formula is C16H17Br2NO. The number of nitrogens with two attached hydrogens (primary N) is 1. The highest BCUT2D eigenvalue weighted by Crippen LogP contribution is 2.33. The second-order valence-electron chi connectivity index (χ2n) is 4.62. The third-order valence-electron chi connectivity index (χ3n) is 3.10. The SMILES string of the molecule is CCOc1ccc(C(N)c2cc(C)ccc2Br)c(Br)c1.